The highest BCUT2D eigenvalue weighted by Crippen LogP contribution is 2.29. The smallest absolute Gasteiger partial charge is 0.207 e. The molecule has 0 saturated heterocycles. The van der Waals surface area contributed by atoms with Crippen LogP contribution in [0.5, 0.6) is 0 Å². The highest BCUT2D eigenvalue weighted by Gasteiger charge is 2.23. The second kappa shape index (κ2) is 17.7. The third kappa shape index (κ3) is 10.8. The Kier molecular flexibility index (Phi) is 14.9. The number of sulfone groups is 1. The van der Waals surface area contributed by atoms with E-state index in [1.54, 1.807) is 12.1 Å². The lowest BCUT2D eigenvalue weighted by Crippen LogP contribution is -2.09. The monoisotopic (exact) mass is 502 g/mol. The molecule has 0 saturated carbocycles. The molecule has 196 valence electrons. The summed E-state index contributed by atoms with van der Waals surface area (Å²) < 4.78 is 27.4. The summed E-state index contributed by atoms with van der Waals surface area (Å²) >= 11 is 0. The minimum atomic E-state index is -3.56. The van der Waals surface area contributed by atoms with E-state index in [1.165, 1.54) is 12.8 Å². The summed E-state index contributed by atoms with van der Waals surface area (Å²) in [4.78, 5) is 0.915. The van der Waals surface area contributed by atoms with Crippen LogP contribution in [0.15, 0.2) is 58.3 Å². The molecule has 35 heavy (non-hydrogen) atoms. The zero-order valence-electron chi connectivity index (χ0n) is 21.5. The van der Waals surface area contributed by atoms with Crippen LogP contribution in [0.25, 0.3) is 0 Å². The first-order valence-corrected chi connectivity index (χ1v) is 15.2. The van der Waals surface area contributed by atoms with Gasteiger partial charge in [0.1, 0.15) is 0 Å². The first-order chi connectivity index (χ1) is 17.1. The number of unbranched alkanes of at least 4 members (excludes halogenated alkanes) is 12. The molecule has 0 aliphatic carbocycles. The Labute approximate surface area is 213 Å². The van der Waals surface area contributed by atoms with Crippen molar-refractivity contribution in [1.29, 1.82) is 0 Å². The number of benzene rings is 2. The third-order valence-electron chi connectivity index (χ3n) is 6.73. The van der Waals surface area contributed by atoms with E-state index in [0.717, 1.165) is 101 Å². The minimum absolute atomic E-state index is 0.278. The molecule has 4 nitrogen and oxygen atoms in total. The van der Waals surface area contributed by atoms with Gasteiger partial charge in [-0.15, -0.1) is 0 Å². The van der Waals surface area contributed by atoms with E-state index < -0.39 is 9.84 Å². The summed E-state index contributed by atoms with van der Waals surface area (Å²) in [6, 6.07) is 15.0. The molecule has 2 aromatic carbocycles. The Morgan fingerprint density at radius 2 is 0.771 bits per heavy atom. The normalized spacial score (nSPS) is 11.7. The zero-order chi connectivity index (χ0) is 25.2. The van der Waals surface area contributed by atoms with Gasteiger partial charge in [0, 0.05) is 13.2 Å². The van der Waals surface area contributed by atoms with Crippen LogP contribution < -0.4 is 0 Å². The van der Waals surface area contributed by atoms with E-state index >= 15 is 0 Å². The van der Waals surface area contributed by atoms with E-state index in [9.17, 15) is 8.42 Å². The van der Waals surface area contributed by atoms with Gasteiger partial charge < -0.3 is 10.2 Å². The van der Waals surface area contributed by atoms with Gasteiger partial charge in [-0.3, -0.25) is 0 Å². The van der Waals surface area contributed by atoms with E-state index in [2.05, 4.69) is 0 Å². The molecule has 0 aromatic heterocycles. The molecule has 0 spiro atoms. The van der Waals surface area contributed by atoms with Crippen molar-refractivity contribution in [3.8, 4) is 0 Å². The molecule has 0 aliphatic heterocycles. The number of aliphatic hydroxyl groups excluding tert-OH is 2. The first-order valence-electron chi connectivity index (χ1n) is 13.7. The van der Waals surface area contributed by atoms with Crippen molar-refractivity contribution in [2.45, 2.75) is 113 Å². The number of hydrogen-bond donors (Lipinski definition) is 2. The molecule has 2 rings (SSSR count). The van der Waals surface area contributed by atoms with E-state index in [1.807, 2.05) is 36.4 Å². The Hall–Kier alpha value is -1.69. The molecule has 0 radical (unpaired) electrons. The Bertz CT molecular complexity index is 854. The van der Waals surface area contributed by atoms with Gasteiger partial charge in [-0.1, -0.05) is 101 Å². The molecule has 2 N–H and O–H groups in total. The van der Waals surface area contributed by atoms with Gasteiger partial charge in [-0.25, -0.2) is 8.42 Å². The fraction of sp³-hybridized carbons (Fsp3) is 0.600. The summed E-state index contributed by atoms with van der Waals surface area (Å²) in [7, 11) is -3.56. The van der Waals surface area contributed by atoms with Crippen molar-refractivity contribution in [1.82, 2.24) is 0 Å². The highest BCUT2D eigenvalue weighted by molar-refractivity contribution is 7.91. The summed E-state index contributed by atoms with van der Waals surface area (Å²) in [5.41, 5.74) is 1.84. The molecular weight excluding hydrogens is 456 g/mol. The Morgan fingerprint density at radius 1 is 0.457 bits per heavy atom. The van der Waals surface area contributed by atoms with Crippen LogP contribution in [0, 0.1) is 0 Å². The average molecular weight is 503 g/mol. The van der Waals surface area contributed by atoms with Crippen LogP contribution >= 0.6 is 0 Å². The Morgan fingerprint density at radius 3 is 1.14 bits per heavy atom. The van der Waals surface area contributed by atoms with Crippen LogP contribution in [0.1, 0.15) is 101 Å². The maximum Gasteiger partial charge on any atom is 0.207 e. The maximum absolute atomic E-state index is 13.7. The third-order valence-corrected chi connectivity index (χ3v) is 8.69. The molecule has 0 aliphatic rings. The highest BCUT2D eigenvalue weighted by atomic mass is 32.2. The van der Waals surface area contributed by atoms with Gasteiger partial charge in [0.05, 0.1) is 9.79 Å². The quantitative estimate of drug-likeness (QED) is 0.190. The second-order valence-electron chi connectivity index (χ2n) is 9.62. The van der Waals surface area contributed by atoms with Crippen molar-refractivity contribution in [2.75, 3.05) is 13.2 Å². The van der Waals surface area contributed by atoms with E-state index in [4.69, 9.17) is 10.2 Å². The first kappa shape index (κ1) is 29.5. The van der Waals surface area contributed by atoms with Gasteiger partial charge in [-0.05, 0) is 61.8 Å². The average Bonchev–Trinajstić information content (AvgIpc) is 2.87. The standard InChI is InChI=1S/C30H46O4S/c31-25-17-9-5-1-3-7-11-19-27-21-13-15-23-29(27)35(33,34)30-24-16-14-22-28(30)20-12-8-4-2-6-10-18-26-32/h13-16,21-24,31-32H,1-12,17-20,25-26H2. The maximum atomic E-state index is 13.7. The summed E-state index contributed by atoms with van der Waals surface area (Å²) in [6.07, 6.45) is 16.7. The second-order valence-corrected chi connectivity index (χ2v) is 11.5. The Balaban J connectivity index is 1.94. The summed E-state index contributed by atoms with van der Waals surface area (Å²) in [5.74, 6) is 0. The fourth-order valence-corrected chi connectivity index (χ4v) is 6.47. The predicted molar refractivity (Wildman–Crippen MR) is 145 cm³/mol. The molecule has 5 heteroatoms. The largest absolute Gasteiger partial charge is 0.396 e. The van der Waals surface area contributed by atoms with Gasteiger partial charge in [0.2, 0.25) is 9.84 Å². The van der Waals surface area contributed by atoms with Crippen LogP contribution in [-0.2, 0) is 22.7 Å². The van der Waals surface area contributed by atoms with Gasteiger partial charge in [0.15, 0.2) is 0 Å². The molecule has 0 unspecified atom stereocenters. The zero-order valence-corrected chi connectivity index (χ0v) is 22.3. The number of aryl methyl sites for hydroxylation is 2. The van der Waals surface area contributed by atoms with Gasteiger partial charge in [0.25, 0.3) is 0 Å². The SMILES string of the molecule is O=S(=O)(c1ccccc1CCCCCCCCCO)c1ccccc1CCCCCCCCCO. The molecule has 0 bridgehead atoms. The number of hydrogen-bond acceptors (Lipinski definition) is 4. The molecule has 0 fully saturated rings. The minimum Gasteiger partial charge on any atom is -0.396 e. The van der Waals surface area contributed by atoms with Crippen molar-refractivity contribution < 1.29 is 18.6 Å². The molecular formula is C30H46O4S. The van der Waals surface area contributed by atoms with Crippen LogP contribution in [-0.4, -0.2) is 31.8 Å². The molecule has 0 amide bonds. The lowest BCUT2D eigenvalue weighted by molar-refractivity contribution is 0.282. The molecule has 2 aromatic rings. The summed E-state index contributed by atoms with van der Waals surface area (Å²) in [5, 5.41) is 17.7. The summed E-state index contributed by atoms with van der Waals surface area (Å²) in [6.45, 7) is 0.557. The fourth-order valence-electron chi connectivity index (χ4n) is 4.69. The number of aliphatic hydroxyl groups is 2. The van der Waals surface area contributed by atoms with E-state index in [0.29, 0.717) is 9.79 Å². The van der Waals surface area contributed by atoms with Gasteiger partial charge in [-0.2, -0.15) is 0 Å². The lowest BCUT2D eigenvalue weighted by atomic mass is 10.0. The van der Waals surface area contributed by atoms with Crippen LogP contribution in [0.2, 0.25) is 0 Å². The van der Waals surface area contributed by atoms with Crippen LogP contribution in [0.4, 0.5) is 0 Å². The van der Waals surface area contributed by atoms with Crippen molar-refractivity contribution in [2.24, 2.45) is 0 Å². The number of rotatable bonds is 20. The molecule has 0 atom stereocenters. The molecule has 0 heterocycles. The van der Waals surface area contributed by atoms with Crippen molar-refractivity contribution in [3.05, 3.63) is 59.7 Å². The lowest BCUT2D eigenvalue weighted by Gasteiger charge is -2.14. The predicted octanol–water partition coefficient (Wildman–Crippen LogP) is 7.05. The van der Waals surface area contributed by atoms with Gasteiger partial charge >= 0.3 is 0 Å². The van der Waals surface area contributed by atoms with Crippen molar-refractivity contribution in [3.63, 3.8) is 0 Å². The van der Waals surface area contributed by atoms with E-state index in [-0.39, 0.29) is 13.2 Å². The van der Waals surface area contributed by atoms with Crippen LogP contribution in [0.3, 0.4) is 0 Å². The topological polar surface area (TPSA) is 74.6 Å². The van der Waals surface area contributed by atoms with Crippen molar-refractivity contribution >= 4 is 9.84 Å².